The van der Waals surface area contributed by atoms with Crippen molar-refractivity contribution >= 4 is 5.97 Å². The van der Waals surface area contributed by atoms with Gasteiger partial charge in [-0.25, -0.2) is 0 Å². The molecule has 5 heteroatoms. The van der Waals surface area contributed by atoms with Gasteiger partial charge in [0.05, 0.1) is 17.9 Å². The summed E-state index contributed by atoms with van der Waals surface area (Å²) in [6.07, 6.45) is 0. The molecule has 2 N–H and O–H groups in total. The number of rotatable bonds is 5. The Hall–Kier alpha value is -1.36. The van der Waals surface area contributed by atoms with Gasteiger partial charge in [0.25, 0.3) is 0 Å². The summed E-state index contributed by atoms with van der Waals surface area (Å²) in [6.45, 7) is 5.26. The number of aliphatic carboxylic acids is 1. The molecule has 0 atom stereocenters. The molecule has 1 aromatic rings. The topological polar surface area (TPSA) is 67.2 Å². The highest BCUT2D eigenvalue weighted by Gasteiger charge is 2.03. The Balaban J connectivity index is 2.52. The number of aryl methyl sites for hydroxylation is 2. The largest absolute Gasteiger partial charge is 0.480 e. The highest BCUT2D eigenvalue weighted by atomic mass is 16.4. The summed E-state index contributed by atoms with van der Waals surface area (Å²) in [5.41, 5.74) is 1.98. The van der Waals surface area contributed by atoms with Gasteiger partial charge in [-0.05, 0) is 19.9 Å². The quantitative estimate of drug-likeness (QED) is 0.716. The molecule has 5 nitrogen and oxygen atoms in total. The Labute approximate surface area is 82.7 Å². The van der Waals surface area contributed by atoms with Gasteiger partial charge in [-0.2, -0.15) is 5.10 Å². The van der Waals surface area contributed by atoms with E-state index < -0.39 is 5.97 Å². The van der Waals surface area contributed by atoms with Gasteiger partial charge in [0, 0.05) is 13.1 Å². The van der Waals surface area contributed by atoms with E-state index in [0.717, 1.165) is 17.9 Å². The second kappa shape index (κ2) is 4.76. The average Bonchev–Trinajstić information content (AvgIpc) is 2.45. The van der Waals surface area contributed by atoms with E-state index in [1.807, 2.05) is 24.6 Å². The first kappa shape index (κ1) is 10.7. The fourth-order valence-corrected chi connectivity index (χ4v) is 1.31. The lowest BCUT2D eigenvalue weighted by Gasteiger charge is -2.04. The summed E-state index contributed by atoms with van der Waals surface area (Å²) in [5.74, 6) is -0.843. The number of carboxylic acids is 1. The maximum atomic E-state index is 10.3. The zero-order valence-corrected chi connectivity index (χ0v) is 8.45. The number of hydrogen-bond donors (Lipinski definition) is 2. The molecule has 0 saturated carbocycles. The SMILES string of the molecule is CCn1nc(C)cc1CNCC(=O)O. The lowest BCUT2D eigenvalue weighted by atomic mass is 10.3. The maximum absolute atomic E-state index is 10.3. The van der Waals surface area contributed by atoms with E-state index in [0.29, 0.717) is 6.54 Å². The predicted molar refractivity (Wildman–Crippen MR) is 52.0 cm³/mol. The molecule has 0 spiro atoms. The average molecular weight is 197 g/mol. The smallest absolute Gasteiger partial charge is 0.317 e. The molecule has 0 aliphatic carbocycles. The minimum Gasteiger partial charge on any atom is -0.480 e. The van der Waals surface area contributed by atoms with Gasteiger partial charge < -0.3 is 10.4 Å². The highest BCUT2D eigenvalue weighted by Crippen LogP contribution is 2.02. The third kappa shape index (κ3) is 2.85. The van der Waals surface area contributed by atoms with E-state index in [4.69, 9.17) is 5.11 Å². The minimum atomic E-state index is -0.843. The highest BCUT2D eigenvalue weighted by molar-refractivity contribution is 5.68. The van der Waals surface area contributed by atoms with E-state index in [9.17, 15) is 4.79 Å². The Morgan fingerprint density at radius 2 is 2.43 bits per heavy atom. The van der Waals surface area contributed by atoms with Crippen LogP contribution >= 0.6 is 0 Å². The molecular weight excluding hydrogens is 182 g/mol. The van der Waals surface area contributed by atoms with Gasteiger partial charge in [-0.1, -0.05) is 0 Å². The van der Waals surface area contributed by atoms with Crippen molar-refractivity contribution in [1.29, 1.82) is 0 Å². The van der Waals surface area contributed by atoms with Gasteiger partial charge in [0.1, 0.15) is 0 Å². The molecule has 0 fully saturated rings. The molecule has 0 aliphatic rings. The molecule has 0 saturated heterocycles. The number of aromatic nitrogens is 2. The number of carbonyl (C=O) groups is 1. The van der Waals surface area contributed by atoms with Gasteiger partial charge in [-0.15, -0.1) is 0 Å². The zero-order valence-electron chi connectivity index (χ0n) is 8.45. The van der Waals surface area contributed by atoms with Crippen molar-refractivity contribution in [3.8, 4) is 0 Å². The van der Waals surface area contributed by atoms with Gasteiger partial charge in [0.2, 0.25) is 0 Å². The van der Waals surface area contributed by atoms with Crippen LogP contribution in [0.25, 0.3) is 0 Å². The Kier molecular flexibility index (Phi) is 3.64. The van der Waals surface area contributed by atoms with Crippen molar-refractivity contribution in [2.75, 3.05) is 6.54 Å². The van der Waals surface area contributed by atoms with Crippen LogP contribution in [-0.2, 0) is 17.9 Å². The summed E-state index contributed by atoms with van der Waals surface area (Å²) in [6, 6.07) is 1.96. The van der Waals surface area contributed by atoms with Crippen molar-refractivity contribution in [3.63, 3.8) is 0 Å². The molecule has 1 heterocycles. The van der Waals surface area contributed by atoms with Crippen molar-refractivity contribution in [3.05, 3.63) is 17.5 Å². The Morgan fingerprint density at radius 3 is 3.00 bits per heavy atom. The predicted octanol–water partition coefficient (Wildman–Crippen LogP) is 0.386. The zero-order chi connectivity index (χ0) is 10.6. The van der Waals surface area contributed by atoms with E-state index >= 15 is 0 Å². The van der Waals surface area contributed by atoms with Gasteiger partial charge >= 0.3 is 5.97 Å². The van der Waals surface area contributed by atoms with Crippen LogP contribution in [0.3, 0.4) is 0 Å². The molecule has 1 rings (SSSR count). The van der Waals surface area contributed by atoms with Crippen molar-refractivity contribution in [1.82, 2.24) is 15.1 Å². The molecular formula is C9H15N3O2. The molecule has 0 amide bonds. The molecule has 14 heavy (non-hydrogen) atoms. The first-order valence-corrected chi connectivity index (χ1v) is 4.59. The molecule has 1 aromatic heterocycles. The molecule has 78 valence electrons. The third-order valence-corrected chi connectivity index (χ3v) is 1.87. The summed E-state index contributed by atoms with van der Waals surface area (Å²) < 4.78 is 1.87. The van der Waals surface area contributed by atoms with Crippen molar-refractivity contribution < 1.29 is 9.90 Å². The number of carboxylic acid groups (broad SMARTS) is 1. The standard InChI is InChI=1S/C9H15N3O2/c1-3-12-8(4-7(2)11-12)5-10-6-9(13)14/h4,10H,3,5-6H2,1-2H3,(H,13,14). The second-order valence-electron chi connectivity index (χ2n) is 3.09. The van der Waals surface area contributed by atoms with Crippen LogP contribution in [0.2, 0.25) is 0 Å². The van der Waals surface area contributed by atoms with Crippen LogP contribution in [0.4, 0.5) is 0 Å². The van der Waals surface area contributed by atoms with Crippen LogP contribution in [0.5, 0.6) is 0 Å². The van der Waals surface area contributed by atoms with Crippen molar-refractivity contribution in [2.24, 2.45) is 0 Å². The summed E-state index contributed by atoms with van der Waals surface area (Å²) >= 11 is 0. The number of nitrogens with one attached hydrogen (secondary N) is 1. The summed E-state index contributed by atoms with van der Waals surface area (Å²) in [4.78, 5) is 10.3. The van der Waals surface area contributed by atoms with Gasteiger partial charge in [-0.3, -0.25) is 9.48 Å². The third-order valence-electron chi connectivity index (χ3n) is 1.87. The molecule has 0 unspecified atom stereocenters. The lowest BCUT2D eigenvalue weighted by molar-refractivity contribution is -0.136. The first-order chi connectivity index (χ1) is 6.63. The van der Waals surface area contributed by atoms with Crippen LogP contribution in [0, 0.1) is 6.92 Å². The monoisotopic (exact) mass is 197 g/mol. The van der Waals surface area contributed by atoms with Crippen LogP contribution in [0.15, 0.2) is 6.07 Å². The van der Waals surface area contributed by atoms with Crippen molar-refractivity contribution in [2.45, 2.75) is 26.9 Å². The first-order valence-electron chi connectivity index (χ1n) is 4.59. The molecule has 0 aromatic carbocycles. The van der Waals surface area contributed by atoms with E-state index in [1.165, 1.54) is 0 Å². The molecule has 0 bridgehead atoms. The minimum absolute atomic E-state index is 0.0199. The summed E-state index contributed by atoms with van der Waals surface area (Å²) in [7, 11) is 0. The Bertz CT molecular complexity index is 320. The fourth-order valence-electron chi connectivity index (χ4n) is 1.31. The van der Waals surface area contributed by atoms with Crippen LogP contribution in [0.1, 0.15) is 18.3 Å². The lowest BCUT2D eigenvalue weighted by Crippen LogP contribution is -2.23. The Morgan fingerprint density at radius 1 is 1.71 bits per heavy atom. The molecule has 0 radical (unpaired) electrons. The summed E-state index contributed by atoms with van der Waals surface area (Å²) in [5, 5.41) is 15.5. The number of nitrogens with zero attached hydrogens (tertiary/aromatic N) is 2. The second-order valence-corrected chi connectivity index (χ2v) is 3.09. The van der Waals surface area contributed by atoms with E-state index in [2.05, 4.69) is 10.4 Å². The van der Waals surface area contributed by atoms with Gasteiger partial charge in [0.15, 0.2) is 0 Å². The number of hydrogen-bond acceptors (Lipinski definition) is 3. The van der Waals surface area contributed by atoms with E-state index in [-0.39, 0.29) is 6.54 Å². The van der Waals surface area contributed by atoms with Crippen LogP contribution in [-0.4, -0.2) is 27.4 Å². The van der Waals surface area contributed by atoms with Crippen LogP contribution < -0.4 is 5.32 Å². The molecule has 0 aliphatic heterocycles. The normalized spacial score (nSPS) is 10.4. The maximum Gasteiger partial charge on any atom is 0.317 e. The fraction of sp³-hybridized carbons (Fsp3) is 0.556. The van der Waals surface area contributed by atoms with E-state index in [1.54, 1.807) is 0 Å².